The lowest BCUT2D eigenvalue weighted by Crippen LogP contribution is -2.51. The summed E-state index contributed by atoms with van der Waals surface area (Å²) in [5.41, 5.74) is 1.15. The Morgan fingerprint density at radius 3 is 2.55 bits per heavy atom. The highest BCUT2D eigenvalue weighted by molar-refractivity contribution is 5.56. The largest absolute Gasteiger partial charge is 0.327 e. The maximum atomic E-state index is 11.3. The molecule has 4 heteroatoms. The molecule has 2 aliphatic rings. The van der Waals surface area contributed by atoms with Crippen LogP contribution in [0.15, 0.2) is 30.3 Å². The van der Waals surface area contributed by atoms with Crippen LogP contribution in [0.4, 0.5) is 0 Å². The van der Waals surface area contributed by atoms with Gasteiger partial charge in [0, 0.05) is 12.0 Å². The van der Waals surface area contributed by atoms with Gasteiger partial charge >= 0.3 is 0 Å². The van der Waals surface area contributed by atoms with E-state index in [0.29, 0.717) is 5.92 Å². The average molecular weight is 303 g/mol. The van der Waals surface area contributed by atoms with Crippen LogP contribution in [0.2, 0.25) is 0 Å². The van der Waals surface area contributed by atoms with Gasteiger partial charge in [0.1, 0.15) is 18.5 Å². The summed E-state index contributed by atoms with van der Waals surface area (Å²) < 4.78 is 12.6. The first-order chi connectivity index (χ1) is 10.5. The van der Waals surface area contributed by atoms with Crippen LogP contribution >= 0.6 is 0 Å². The zero-order chi connectivity index (χ0) is 15.9. The van der Waals surface area contributed by atoms with Crippen LogP contribution in [-0.4, -0.2) is 36.3 Å². The van der Waals surface area contributed by atoms with Gasteiger partial charge in [0.15, 0.2) is 0 Å². The highest BCUT2D eigenvalue weighted by atomic mass is 16.7. The fourth-order valence-electron chi connectivity index (χ4n) is 3.83. The monoisotopic (exact) mass is 303 g/mol. The molecule has 5 atom stereocenters. The van der Waals surface area contributed by atoms with E-state index in [-0.39, 0.29) is 24.2 Å². The van der Waals surface area contributed by atoms with Gasteiger partial charge in [0.25, 0.3) is 0 Å². The summed E-state index contributed by atoms with van der Waals surface area (Å²) >= 11 is 0. The molecule has 22 heavy (non-hydrogen) atoms. The van der Waals surface area contributed by atoms with Crippen molar-refractivity contribution < 1.29 is 14.3 Å². The molecule has 2 fully saturated rings. The van der Waals surface area contributed by atoms with Crippen molar-refractivity contribution in [3.8, 4) is 0 Å². The van der Waals surface area contributed by atoms with E-state index in [2.05, 4.69) is 37.8 Å². The minimum atomic E-state index is -0.792. The summed E-state index contributed by atoms with van der Waals surface area (Å²) in [4.78, 5) is 13.4. The molecule has 4 nitrogen and oxygen atoms in total. The molecule has 0 bridgehead atoms. The predicted molar refractivity (Wildman–Crippen MR) is 84.1 cm³/mol. The van der Waals surface area contributed by atoms with E-state index in [1.54, 1.807) is 0 Å². The smallest absolute Gasteiger partial charge is 0.234 e. The highest BCUT2D eigenvalue weighted by Crippen LogP contribution is 2.51. The van der Waals surface area contributed by atoms with Gasteiger partial charge in [-0.05, 0) is 31.9 Å². The first-order valence-electron chi connectivity index (χ1n) is 8.08. The van der Waals surface area contributed by atoms with E-state index >= 15 is 0 Å². The van der Waals surface area contributed by atoms with Crippen LogP contribution in [-0.2, 0) is 14.3 Å². The molecular formula is C18H25NO3. The molecule has 2 aliphatic heterocycles. The molecule has 0 aliphatic carbocycles. The first-order valence-corrected chi connectivity index (χ1v) is 8.08. The summed E-state index contributed by atoms with van der Waals surface area (Å²) in [6, 6.07) is 10.4. The summed E-state index contributed by atoms with van der Waals surface area (Å²) in [5, 5.41) is 0. The van der Waals surface area contributed by atoms with Crippen molar-refractivity contribution in [3.05, 3.63) is 35.9 Å². The third-order valence-corrected chi connectivity index (χ3v) is 5.20. The minimum Gasteiger partial charge on any atom is -0.327 e. The Morgan fingerprint density at radius 2 is 1.95 bits per heavy atom. The lowest BCUT2D eigenvalue weighted by molar-refractivity contribution is -0.291. The van der Waals surface area contributed by atoms with E-state index in [9.17, 15) is 4.79 Å². The molecule has 0 N–H and O–H groups in total. The molecular weight excluding hydrogens is 278 g/mol. The van der Waals surface area contributed by atoms with Gasteiger partial charge in [-0.1, -0.05) is 44.2 Å². The Labute approximate surface area is 132 Å². The topological polar surface area (TPSA) is 38.8 Å². The quantitative estimate of drug-likeness (QED) is 0.805. The van der Waals surface area contributed by atoms with Crippen molar-refractivity contribution in [3.63, 3.8) is 0 Å². The minimum absolute atomic E-state index is 0.0437. The van der Waals surface area contributed by atoms with Crippen molar-refractivity contribution in [2.24, 2.45) is 11.8 Å². The number of rotatable bonds is 3. The van der Waals surface area contributed by atoms with E-state index < -0.39 is 5.91 Å². The summed E-state index contributed by atoms with van der Waals surface area (Å²) in [6.07, 6.45) is 1.20. The Morgan fingerprint density at radius 1 is 1.27 bits per heavy atom. The van der Waals surface area contributed by atoms with Crippen LogP contribution in [0.3, 0.4) is 0 Å². The van der Waals surface area contributed by atoms with Gasteiger partial charge in [0.05, 0.1) is 0 Å². The molecule has 2 heterocycles. The molecule has 0 saturated carbocycles. The van der Waals surface area contributed by atoms with Gasteiger partial charge in [0.2, 0.25) is 5.91 Å². The predicted octanol–water partition coefficient (Wildman–Crippen LogP) is 2.99. The van der Waals surface area contributed by atoms with Crippen molar-refractivity contribution in [1.82, 2.24) is 4.90 Å². The standard InChI is InChI=1S/C18H25NO3/c1-12(2)16-10-15(11-20)21-18(16)19(4)13(3)17(22-18)14-8-6-5-7-9-14/h5-9,11-13,15-17H,10H2,1-4H3/t13-,15-,16-,17+,18-/m0/s1. The van der Waals surface area contributed by atoms with E-state index in [1.807, 2.05) is 25.2 Å². The van der Waals surface area contributed by atoms with Crippen LogP contribution in [0.5, 0.6) is 0 Å². The highest BCUT2D eigenvalue weighted by Gasteiger charge is 2.61. The molecule has 120 valence electrons. The number of hydrogen-bond donors (Lipinski definition) is 0. The van der Waals surface area contributed by atoms with E-state index in [1.165, 1.54) is 0 Å². The molecule has 0 aromatic heterocycles. The van der Waals surface area contributed by atoms with Crippen molar-refractivity contribution in [1.29, 1.82) is 0 Å². The number of ether oxygens (including phenoxy) is 2. The lowest BCUT2D eigenvalue weighted by Gasteiger charge is -2.37. The number of aldehydes is 1. The maximum Gasteiger partial charge on any atom is 0.234 e. The second kappa shape index (κ2) is 5.76. The molecule has 0 amide bonds. The van der Waals surface area contributed by atoms with Crippen molar-refractivity contribution in [2.75, 3.05) is 7.05 Å². The zero-order valence-electron chi connectivity index (χ0n) is 13.7. The second-order valence-electron chi connectivity index (χ2n) is 6.81. The third kappa shape index (κ3) is 2.30. The number of likely N-dealkylation sites (N-methyl/N-ethyl adjacent to an activating group) is 1. The Hall–Kier alpha value is -1.23. The second-order valence-corrected chi connectivity index (χ2v) is 6.81. The molecule has 3 rings (SSSR count). The SMILES string of the molecule is CC(C)[C@@H]1C[C@@H](C=O)O[C@]12O[C@@H](c1ccccc1)[C@H](C)N2C. The maximum absolute atomic E-state index is 11.3. The molecule has 0 radical (unpaired) electrons. The van der Waals surface area contributed by atoms with E-state index in [0.717, 1.165) is 18.3 Å². The fourth-order valence-corrected chi connectivity index (χ4v) is 3.83. The van der Waals surface area contributed by atoms with Gasteiger partial charge < -0.3 is 14.3 Å². The van der Waals surface area contributed by atoms with Crippen LogP contribution in [0.25, 0.3) is 0 Å². The van der Waals surface area contributed by atoms with Gasteiger partial charge in [-0.15, -0.1) is 0 Å². The van der Waals surface area contributed by atoms with Gasteiger partial charge in [-0.3, -0.25) is 0 Å². The summed E-state index contributed by atoms with van der Waals surface area (Å²) in [7, 11) is 2.04. The van der Waals surface area contributed by atoms with Crippen LogP contribution in [0, 0.1) is 11.8 Å². The Kier molecular flexibility index (Phi) is 4.10. The van der Waals surface area contributed by atoms with Gasteiger partial charge in [-0.25, -0.2) is 4.90 Å². The van der Waals surface area contributed by atoms with Crippen molar-refractivity contribution >= 4 is 6.29 Å². The number of carbonyl (C=O) groups is 1. The lowest BCUT2D eigenvalue weighted by atomic mass is 9.89. The Bertz CT molecular complexity index is 532. The average Bonchev–Trinajstić information content (AvgIpc) is 3.02. The molecule has 1 aromatic carbocycles. The van der Waals surface area contributed by atoms with Gasteiger partial charge in [-0.2, -0.15) is 0 Å². The van der Waals surface area contributed by atoms with Crippen LogP contribution in [0.1, 0.15) is 38.9 Å². The van der Waals surface area contributed by atoms with Crippen molar-refractivity contribution in [2.45, 2.75) is 51.4 Å². The zero-order valence-corrected chi connectivity index (χ0v) is 13.7. The molecule has 1 spiro atoms. The normalized spacial score (nSPS) is 39.0. The molecule has 0 unspecified atom stereocenters. The third-order valence-electron chi connectivity index (χ3n) is 5.20. The number of benzene rings is 1. The number of hydrogen-bond acceptors (Lipinski definition) is 4. The first kappa shape index (κ1) is 15.7. The van der Waals surface area contributed by atoms with Crippen LogP contribution < -0.4 is 0 Å². The fraction of sp³-hybridized carbons (Fsp3) is 0.611. The Balaban J connectivity index is 1.95. The van der Waals surface area contributed by atoms with E-state index in [4.69, 9.17) is 9.47 Å². The number of carbonyl (C=O) groups excluding carboxylic acids is 1. The number of nitrogens with zero attached hydrogens (tertiary/aromatic N) is 1. The molecule has 2 saturated heterocycles. The summed E-state index contributed by atoms with van der Waals surface area (Å²) in [5.74, 6) is -0.224. The molecule has 1 aromatic rings. The summed E-state index contributed by atoms with van der Waals surface area (Å²) in [6.45, 7) is 6.49.